The van der Waals surface area contributed by atoms with E-state index in [1.54, 1.807) is 0 Å². The fourth-order valence-electron chi connectivity index (χ4n) is 0.975. The Kier molecular flexibility index (Phi) is 3.19. The van der Waals surface area contributed by atoms with Gasteiger partial charge in [0.25, 0.3) is 0 Å². The molecule has 0 bridgehead atoms. The van der Waals surface area contributed by atoms with Crippen LogP contribution in [0.3, 0.4) is 0 Å². The predicted molar refractivity (Wildman–Crippen MR) is 47.6 cm³/mol. The van der Waals surface area contributed by atoms with Gasteiger partial charge in [0.15, 0.2) is 0 Å². The van der Waals surface area contributed by atoms with E-state index in [-0.39, 0.29) is 12.6 Å². The van der Waals surface area contributed by atoms with Gasteiger partial charge in [-0.15, -0.1) is 0 Å². The highest BCUT2D eigenvalue weighted by molar-refractivity contribution is 5.13. The Hall–Kier alpha value is -0.930. The van der Waals surface area contributed by atoms with Gasteiger partial charge in [-0.25, -0.2) is 0 Å². The van der Waals surface area contributed by atoms with Crippen LogP contribution in [0.1, 0.15) is 24.4 Å². The van der Waals surface area contributed by atoms with Crippen molar-refractivity contribution in [2.75, 3.05) is 7.05 Å². The van der Waals surface area contributed by atoms with Gasteiger partial charge >= 0.3 is 0 Å². The van der Waals surface area contributed by atoms with Crippen LogP contribution in [0.15, 0.2) is 18.2 Å². The van der Waals surface area contributed by atoms with Gasteiger partial charge in [-0.2, -0.15) is 0 Å². The van der Waals surface area contributed by atoms with Crippen molar-refractivity contribution in [3.8, 4) is 0 Å². The molecule has 0 saturated carbocycles. The molecular formula is C9H14N2O. The molecule has 1 unspecified atom stereocenters. The molecule has 0 aromatic carbocycles. The maximum Gasteiger partial charge on any atom is 0.0853 e. The van der Waals surface area contributed by atoms with Crippen molar-refractivity contribution in [1.29, 1.82) is 0 Å². The molecule has 0 saturated heterocycles. The third-order valence-electron chi connectivity index (χ3n) is 1.87. The van der Waals surface area contributed by atoms with Gasteiger partial charge in [-0.3, -0.25) is 4.98 Å². The van der Waals surface area contributed by atoms with Gasteiger partial charge in [0.1, 0.15) is 0 Å². The summed E-state index contributed by atoms with van der Waals surface area (Å²) in [6.07, 6.45) is 0. The lowest BCUT2D eigenvalue weighted by atomic mass is 10.2. The maximum atomic E-state index is 8.83. The van der Waals surface area contributed by atoms with Crippen molar-refractivity contribution < 1.29 is 5.11 Å². The zero-order valence-electron chi connectivity index (χ0n) is 7.41. The number of aliphatic hydroxyl groups is 1. The molecule has 12 heavy (non-hydrogen) atoms. The first-order valence-electron chi connectivity index (χ1n) is 4.02. The van der Waals surface area contributed by atoms with Crippen LogP contribution in [-0.2, 0) is 6.61 Å². The molecule has 0 radical (unpaired) electrons. The highest BCUT2D eigenvalue weighted by atomic mass is 16.3. The molecule has 66 valence electrons. The Morgan fingerprint density at radius 1 is 1.58 bits per heavy atom. The number of nitrogens with zero attached hydrogens (tertiary/aromatic N) is 1. The van der Waals surface area contributed by atoms with Crippen molar-refractivity contribution in [2.24, 2.45) is 0 Å². The summed E-state index contributed by atoms with van der Waals surface area (Å²) in [7, 11) is 1.89. The monoisotopic (exact) mass is 166 g/mol. The normalized spacial score (nSPS) is 12.9. The molecule has 1 atom stereocenters. The van der Waals surface area contributed by atoms with E-state index in [4.69, 9.17) is 5.11 Å². The summed E-state index contributed by atoms with van der Waals surface area (Å²) in [5, 5.41) is 11.9. The number of aromatic nitrogens is 1. The summed E-state index contributed by atoms with van der Waals surface area (Å²) in [5.41, 5.74) is 1.68. The number of aliphatic hydroxyl groups excluding tert-OH is 1. The standard InChI is InChI=1S/C9H14N2O/c1-7(10-2)9-5-3-4-8(6-12)11-9/h3-5,7,10,12H,6H2,1-2H3. The van der Waals surface area contributed by atoms with Gasteiger partial charge < -0.3 is 10.4 Å². The van der Waals surface area contributed by atoms with Crippen LogP contribution in [0.4, 0.5) is 0 Å². The Balaban J connectivity index is 2.86. The van der Waals surface area contributed by atoms with Crippen molar-refractivity contribution >= 4 is 0 Å². The summed E-state index contributed by atoms with van der Waals surface area (Å²) < 4.78 is 0. The summed E-state index contributed by atoms with van der Waals surface area (Å²) in [6.45, 7) is 2.04. The van der Waals surface area contributed by atoms with Crippen LogP contribution in [0, 0.1) is 0 Å². The molecule has 0 aliphatic rings. The lowest BCUT2D eigenvalue weighted by Crippen LogP contribution is -2.14. The van der Waals surface area contributed by atoms with Crippen LogP contribution in [0.25, 0.3) is 0 Å². The smallest absolute Gasteiger partial charge is 0.0853 e. The van der Waals surface area contributed by atoms with Crippen LogP contribution in [-0.4, -0.2) is 17.1 Å². The first-order valence-corrected chi connectivity index (χ1v) is 4.02. The van der Waals surface area contributed by atoms with Crippen molar-refractivity contribution in [1.82, 2.24) is 10.3 Å². The third kappa shape index (κ3) is 2.03. The van der Waals surface area contributed by atoms with E-state index in [0.717, 1.165) is 11.4 Å². The van der Waals surface area contributed by atoms with Gasteiger partial charge in [-0.05, 0) is 26.1 Å². The minimum absolute atomic E-state index is 0.00424. The Bertz CT molecular complexity index is 250. The van der Waals surface area contributed by atoms with E-state index in [1.807, 2.05) is 32.2 Å². The average Bonchev–Trinajstić information content (AvgIpc) is 2.17. The molecule has 0 aliphatic carbocycles. The van der Waals surface area contributed by atoms with Crippen LogP contribution in [0.5, 0.6) is 0 Å². The van der Waals surface area contributed by atoms with E-state index in [2.05, 4.69) is 10.3 Å². The summed E-state index contributed by atoms with van der Waals surface area (Å²) >= 11 is 0. The number of hydrogen-bond acceptors (Lipinski definition) is 3. The average molecular weight is 166 g/mol. The third-order valence-corrected chi connectivity index (χ3v) is 1.87. The molecule has 1 aromatic heterocycles. The van der Waals surface area contributed by atoms with Gasteiger partial charge in [0.2, 0.25) is 0 Å². The van der Waals surface area contributed by atoms with Gasteiger partial charge in [0, 0.05) is 6.04 Å². The quantitative estimate of drug-likeness (QED) is 0.700. The second-order valence-electron chi connectivity index (χ2n) is 2.72. The molecule has 3 heteroatoms. The van der Waals surface area contributed by atoms with E-state index in [1.165, 1.54) is 0 Å². The van der Waals surface area contributed by atoms with Crippen LogP contribution in [0.2, 0.25) is 0 Å². The van der Waals surface area contributed by atoms with Gasteiger partial charge in [0.05, 0.1) is 18.0 Å². The Morgan fingerprint density at radius 2 is 2.33 bits per heavy atom. The highest BCUT2D eigenvalue weighted by Gasteiger charge is 2.03. The van der Waals surface area contributed by atoms with E-state index >= 15 is 0 Å². The molecule has 0 fully saturated rings. The van der Waals surface area contributed by atoms with Crippen molar-refractivity contribution in [2.45, 2.75) is 19.6 Å². The zero-order chi connectivity index (χ0) is 8.97. The Morgan fingerprint density at radius 3 is 2.92 bits per heavy atom. The van der Waals surface area contributed by atoms with Crippen molar-refractivity contribution in [3.05, 3.63) is 29.6 Å². The zero-order valence-corrected chi connectivity index (χ0v) is 7.41. The van der Waals surface area contributed by atoms with E-state index < -0.39 is 0 Å². The SMILES string of the molecule is CNC(C)c1cccc(CO)n1. The summed E-state index contributed by atoms with van der Waals surface area (Å²) in [6, 6.07) is 5.89. The number of rotatable bonds is 3. The molecule has 1 rings (SSSR count). The second kappa shape index (κ2) is 4.18. The number of nitrogens with one attached hydrogen (secondary N) is 1. The largest absolute Gasteiger partial charge is 0.390 e. The van der Waals surface area contributed by atoms with Crippen LogP contribution >= 0.6 is 0 Å². The topological polar surface area (TPSA) is 45.1 Å². The molecular weight excluding hydrogens is 152 g/mol. The fourth-order valence-corrected chi connectivity index (χ4v) is 0.975. The van der Waals surface area contributed by atoms with Crippen LogP contribution < -0.4 is 5.32 Å². The van der Waals surface area contributed by atoms with Gasteiger partial charge in [-0.1, -0.05) is 6.07 Å². The number of pyridine rings is 1. The highest BCUT2D eigenvalue weighted by Crippen LogP contribution is 2.08. The molecule has 0 amide bonds. The minimum Gasteiger partial charge on any atom is -0.390 e. The minimum atomic E-state index is 0.00424. The first-order chi connectivity index (χ1) is 5.77. The molecule has 2 N–H and O–H groups in total. The molecule has 1 aromatic rings. The second-order valence-corrected chi connectivity index (χ2v) is 2.72. The molecule has 1 heterocycles. The lowest BCUT2D eigenvalue weighted by molar-refractivity contribution is 0.276. The Labute approximate surface area is 72.5 Å². The lowest BCUT2D eigenvalue weighted by Gasteiger charge is -2.09. The molecule has 0 spiro atoms. The van der Waals surface area contributed by atoms with E-state index in [9.17, 15) is 0 Å². The van der Waals surface area contributed by atoms with Crippen molar-refractivity contribution in [3.63, 3.8) is 0 Å². The summed E-state index contributed by atoms with van der Waals surface area (Å²) in [4.78, 5) is 4.25. The maximum absolute atomic E-state index is 8.83. The molecule has 3 nitrogen and oxygen atoms in total. The first kappa shape index (κ1) is 9.16. The fraction of sp³-hybridized carbons (Fsp3) is 0.444. The summed E-state index contributed by atoms with van der Waals surface area (Å²) in [5.74, 6) is 0. The number of hydrogen-bond donors (Lipinski definition) is 2. The predicted octanol–water partition coefficient (Wildman–Crippen LogP) is 0.854. The van der Waals surface area contributed by atoms with E-state index in [0.29, 0.717) is 0 Å². The molecule has 0 aliphatic heterocycles.